The van der Waals surface area contributed by atoms with Crippen molar-refractivity contribution < 1.29 is 19.8 Å². The molecule has 116 valence electrons. The molecule has 0 saturated carbocycles. The predicted molar refractivity (Wildman–Crippen MR) is 75.5 cm³/mol. The molecule has 0 aromatic heterocycles. The summed E-state index contributed by atoms with van der Waals surface area (Å²) in [6.07, 6.45) is 4.81. The van der Waals surface area contributed by atoms with E-state index < -0.39 is 11.6 Å². The second-order valence-electron chi connectivity index (χ2n) is 5.83. The summed E-state index contributed by atoms with van der Waals surface area (Å²) < 4.78 is 0. The molecule has 0 aromatic carbocycles. The van der Waals surface area contributed by atoms with Gasteiger partial charge >= 0.3 is 12.0 Å². The van der Waals surface area contributed by atoms with Crippen LogP contribution in [0.3, 0.4) is 0 Å². The van der Waals surface area contributed by atoms with E-state index in [9.17, 15) is 14.7 Å². The minimum atomic E-state index is -1.42. The van der Waals surface area contributed by atoms with E-state index in [1.54, 1.807) is 0 Å². The topological polar surface area (TPSA) is 89.9 Å². The Hall–Kier alpha value is -1.30. The van der Waals surface area contributed by atoms with Gasteiger partial charge in [-0.1, -0.05) is 19.8 Å². The highest BCUT2D eigenvalue weighted by Crippen LogP contribution is 2.19. The number of aliphatic carboxylic acids is 1. The van der Waals surface area contributed by atoms with Gasteiger partial charge in [0.15, 0.2) is 0 Å². The molecule has 2 amide bonds. The summed E-state index contributed by atoms with van der Waals surface area (Å²) in [6, 6.07) is 0.0336. The molecule has 6 nitrogen and oxygen atoms in total. The van der Waals surface area contributed by atoms with Gasteiger partial charge in [-0.05, 0) is 26.2 Å². The van der Waals surface area contributed by atoms with Crippen LogP contribution in [0.15, 0.2) is 0 Å². The predicted octanol–water partition coefficient (Wildman–Crippen LogP) is 1.58. The lowest BCUT2D eigenvalue weighted by atomic mass is 10.0. The zero-order valence-electron chi connectivity index (χ0n) is 12.4. The number of carboxylic acids is 1. The van der Waals surface area contributed by atoms with Gasteiger partial charge in [-0.15, -0.1) is 0 Å². The minimum absolute atomic E-state index is 0.0505. The standard InChI is InChI=1S/C14H26N2O4/c1-3-11-7-5-4-6-8-16(11)13(19)15-10-14(2,20)9-12(17)18/h11,20H,3-10H2,1-2H3,(H,15,19)(H,17,18). The molecule has 0 spiro atoms. The average Bonchev–Trinajstić information content (AvgIpc) is 2.59. The van der Waals surface area contributed by atoms with E-state index in [4.69, 9.17) is 5.11 Å². The Labute approximate surface area is 120 Å². The molecule has 3 N–H and O–H groups in total. The number of nitrogens with one attached hydrogen (secondary N) is 1. The maximum Gasteiger partial charge on any atom is 0.317 e. The number of urea groups is 1. The second-order valence-corrected chi connectivity index (χ2v) is 5.83. The highest BCUT2D eigenvalue weighted by Gasteiger charge is 2.28. The third-order valence-electron chi connectivity index (χ3n) is 3.76. The first-order chi connectivity index (χ1) is 9.35. The van der Waals surface area contributed by atoms with Crippen molar-refractivity contribution in [2.24, 2.45) is 0 Å². The number of carboxylic acid groups (broad SMARTS) is 1. The van der Waals surface area contributed by atoms with Gasteiger partial charge in [0.05, 0.1) is 12.0 Å². The highest BCUT2D eigenvalue weighted by atomic mass is 16.4. The molecule has 0 radical (unpaired) electrons. The van der Waals surface area contributed by atoms with Crippen molar-refractivity contribution in [3.05, 3.63) is 0 Å². The van der Waals surface area contributed by atoms with E-state index in [1.807, 2.05) is 4.90 Å². The summed E-state index contributed by atoms with van der Waals surface area (Å²) in [4.78, 5) is 24.7. The molecule has 0 aromatic rings. The maximum absolute atomic E-state index is 12.2. The third-order valence-corrected chi connectivity index (χ3v) is 3.76. The molecule has 1 aliphatic heterocycles. The molecule has 2 unspecified atom stereocenters. The van der Waals surface area contributed by atoms with E-state index >= 15 is 0 Å². The van der Waals surface area contributed by atoms with Crippen LogP contribution < -0.4 is 5.32 Å². The summed E-state index contributed by atoms with van der Waals surface area (Å²) >= 11 is 0. The highest BCUT2D eigenvalue weighted by molar-refractivity contribution is 5.75. The van der Waals surface area contributed by atoms with Crippen LogP contribution in [0.2, 0.25) is 0 Å². The first kappa shape index (κ1) is 16.8. The van der Waals surface area contributed by atoms with E-state index in [0.29, 0.717) is 0 Å². The number of aliphatic hydroxyl groups is 1. The maximum atomic E-state index is 12.2. The molecule has 6 heteroatoms. The monoisotopic (exact) mass is 286 g/mol. The Balaban J connectivity index is 2.53. The second kappa shape index (κ2) is 7.47. The van der Waals surface area contributed by atoms with Gasteiger partial charge in [0.1, 0.15) is 0 Å². The van der Waals surface area contributed by atoms with Crippen LogP contribution in [0.5, 0.6) is 0 Å². The zero-order valence-corrected chi connectivity index (χ0v) is 12.4. The number of carbonyl (C=O) groups excluding carboxylic acids is 1. The third kappa shape index (κ3) is 5.36. The van der Waals surface area contributed by atoms with E-state index in [0.717, 1.165) is 38.6 Å². The fourth-order valence-electron chi connectivity index (χ4n) is 2.63. The van der Waals surface area contributed by atoms with Crippen molar-refractivity contribution in [3.63, 3.8) is 0 Å². The van der Waals surface area contributed by atoms with Crippen molar-refractivity contribution in [1.29, 1.82) is 0 Å². The molecule has 1 saturated heterocycles. The van der Waals surface area contributed by atoms with E-state index in [2.05, 4.69) is 12.2 Å². The Bertz CT molecular complexity index is 344. The number of carbonyl (C=O) groups is 2. The van der Waals surface area contributed by atoms with Gasteiger partial charge in [0.25, 0.3) is 0 Å². The SMILES string of the molecule is CCC1CCCCCN1C(=O)NCC(C)(O)CC(=O)O. The fourth-order valence-corrected chi connectivity index (χ4v) is 2.63. The largest absolute Gasteiger partial charge is 0.481 e. The van der Waals surface area contributed by atoms with Crippen LogP contribution in [0.25, 0.3) is 0 Å². The quantitative estimate of drug-likeness (QED) is 0.715. The number of hydrogen-bond donors (Lipinski definition) is 3. The molecular weight excluding hydrogens is 260 g/mol. The molecule has 1 heterocycles. The Morgan fingerprint density at radius 1 is 1.35 bits per heavy atom. The van der Waals surface area contributed by atoms with Crippen molar-refractivity contribution in [3.8, 4) is 0 Å². The summed E-state index contributed by atoms with van der Waals surface area (Å²) in [5, 5.41) is 21.3. The number of rotatable bonds is 5. The van der Waals surface area contributed by atoms with Crippen LogP contribution in [0.4, 0.5) is 4.79 Å². The lowest BCUT2D eigenvalue weighted by molar-refractivity contribution is -0.141. The van der Waals surface area contributed by atoms with Gasteiger partial charge in [-0.3, -0.25) is 4.79 Å². The van der Waals surface area contributed by atoms with E-state index in [1.165, 1.54) is 6.92 Å². The van der Waals surface area contributed by atoms with Gasteiger partial charge in [0.2, 0.25) is 0 Å². The van der Waals surface area contributed by atoms with Crippen LogP contribution in [-0.2, 0) is 4.79 Å². The van der Waals surface area contributed by atoms with Crippen molar-refractivity contribution in [2.75, 3.05) is 13.1 Å². The van der Waals surface area contributed by atoms with Crippen LogP contribution >= 0.6 is 0 Å². The number of nitrogens with zero attached hydrogens (tertiary/aromatic N) is 1. The summed E-state index contributed by atoms with van der Waals surface area (Å²) in [6.45, 7) is 4.16. The Morgan fingerprint density at radius 3 is 2.65 bits per heavy atom. The molecule has 2 atom stereocenters. The van der Waals surface area contributed by atoms with Crippen LogP contribution in [0.1, 0.15) is 52.4 Å². The molecule has 1 fully saturated rings. The van der Waals surface area contributed by atoms with Crippen LogP contribution in [0, 0.1) is 0 Å². The summed E-state index contributed by atoms with van der Waals surface area (Å²) in [7, 11) is 0. The lowest BCUT2D eigenvalue weighted by Crippen LogP contribution is -2.50. The summed E-state index contributed by atoms with van der Waals surface area (Å²) in [5.41, 5.74) is -1.42. The Kier molecular flexibility index (Phi) is 6.26. The van der Waals surface area contributed by atoms with Gasteiger partial charge in [-0.25, -0.2) is 4.79 Å². The van der Waals surface area contributed by atoms with Crippen LogP contribution in [-0.4, -0.2) is 51.8 Å². The zero-order chi connectivity index (χ0) is 15.2. The lowest BCUT2D eigenvalue weighted by Gasteiger charge is -2.31. The first-order valence-corrected chi connectivity index (χ1v) is 7.34. The van der Waals surface area contributed by atoms with Crippen molar-refractivity contribution in [2.45, 2.75) is 64.0 Å². The normalized spacial score (nSPS) is 22.8. The first-order valence-electron chi connectivity index (χ1n) is 7.34. The molecule has 1 rings (SSSR count). The Morgan fingerprint density at radius 2 is 2.05 bits per heavy atom. The van der Waals surface area contributed by atoms with Crippen molar-refractivity contribution in [1.82, 2.24) is 10.2 Å². The molecule has 0 aliphatic carbocycles. The number of hydrogen-bond acceptors (Lipinski definition) is 3. The van der Waals surface area contributed by atoms with Gasteiger partial charge in [-0.2, -0.15) is 0 Å². The molecule has 20 heavy (non-hydrogen) atoms. The number of amides is 2. The van der Waals surface area contributed by atoms with E-state index in [-0.39, 0.29) is 25.0 Å². The van der Waals surface area contributed by atoms with Gasteiger partial charge < -0.3 is 20.4 Å². The minimum Gasteiger partial charge on any atom is -0.481 e. The molecule has 0 bridgehead atoms. The smallest absolute Gasteiger partial charge is 0.317 e. The fraction of sp³-hybridized carbons (Fsp3) is 0.857. The molecular formula is C14H26N2O4. The number of likely N-dealkylation sites (tertiary alicyclic amines) is 1. The van der Waals surface area contributed by atoms with Crippen molar-refractivity contribution >= 4 is 12.0 Å². The average molecular weight is 286 g/mol. The van der Waals surface area contributed by atoms with Gasteiger partial charge in [0, 0.05) is 19.1 Å². The summed E-state index contributed by atoms with van der Waals surface area (Å²) in [5.74, 6) is -1.08. The molecule has 1 aliphatic rings.